The van der Waals surface area contributed by atoms with Crippen molar-refractivity contribution in [3.63, 3.8) is 0 Å². The fraction of sp³-hybridized carbons (Fsp3) is 0.200. The lowest BCUT2D eigenvalue weighted by Crippen LogP contribution is -2.45. The number of amides is 2. The summed E-state index contributed by atoms with van der Waals surface area (Å²) in [5.74, 6) is -2.01. The highest BCUT2D eigenvalue weighted by atomic mass is 35.5. The van der Waals surface area contributed by atoms with Crippen LogP contribution < -0.4 is 10.6 Å². The summed E-state index contributed by atoms with van der Waals surface area (Å²) in [5, 5.41) is 21.4. The molecule has 1 aromatic carbocycles. The second kappa shape index (κ2) is 6.18. The van der Waals surface area contributed by atoms with E-state index in [0.717, 1.165) is 6.07 Å². The lowest BCUT2D eigenvalue weighted by molar-refractivity contribution is -0.140. The van der Waals surface area contributed by atoms with E-state index >= 15 is 0 Å². The third kappa shape index (κ3) is 3.86. The van der Waals surface area contributed by atoms with Gasteiger partial charge in [-0.25, -0.2) is 14.0 Å². The van der Waals surface area contributed by atoms with Crippen molar-refractivity contribution in [2.24, 2.45) is 0 Å². The molecule has 0 aliphatic heterocycles. The molecule has 0 radical (unpaired) electrons. The Kier molecular flexibility index (Phi) is 4.87. The summed E-state index contributed by atoms with van der Waals surface area (Å²) in [6.07, 6.45) is 0. The zero-order chi connectivity index (χ0) is 13.7. The first-order valence-corrected chi connectivity index (χ1v) is 5.18. The summed E-state index contributed by atoms with van der Waals surface area (Å²) in [7, 11) is 0. The molecular weight excluding hydrogens is 267 g/mol. The van der Waals surface area contributed by atoms with E-state index in [4.69, 9.17) is 21.8 Å². The molecule has 8 heteroatoms. The number of hydrogen-bond donors (Lipinski definition) is 4. The Hall–Kier alpha value is -1.86. The number of aliphatic hydroxyl groups excluding tert-OH is 1. The zero-order valence-corrected chi connectivity index (χ0v) is 9.74. The van der Waals surface area contributed by atoms with Gasteiger partial charge in [0.05, 0.1) is 11.6 Å². The Morgan fingerprint density at radius 1 is 1.44 bits per heavy atom. The number of carboxylic acids is 1. The van der Waals surface area contributed by atoms with Crippen LogP contribution in [0.15, 0.2) is 18.2 Å². The first kappa shape index (κ1) is 14.2. The molecule has 98 valence electrons. The first-order chi connectivity index (χ1) is 8.43. The van der Waals surface area contributed by atoms with Gasteiger partial charge in [0.1, 0.15) is 5.82 Å². The van der Waals surface area contributed by atoms with Crippen LogP contribution in [0.2, 0.25) is 5.02 Å². The normalized spacial score (nSPS) is 11.7. The van der Waals surface area contributed by atoms with Gasteiger partial charge in [-0.05, 0) is 18.2 Å². The molecule has 0 aromatic heterocycles. The minimum atomic E-state index is -1.42. The highest BCUT2D eigenvalue weighted by Gasteiger charge is 2.18. The van der Waals surface area contributed by atoms with Gasteiger partial charge in [-0.15, -0.1) is 0 Å². The maximum absolute atomic E-state index is 12.8. The zero-order valence-electron chi connectivity index (χ0n) is 8.98. The summed E-state index contributed by atoms with van der Waals surface area (Å²) in [4.78, 5) is 21.9. The molecule has 4 N–H and O–H groups in total. The number of nitrogens with one attached hydrogen (secondary N) is 2. The summed E-state index contributed by atoms with van der Waals surface area (Å²) < 4.78 is 12.8. The number of halogens is 2. The van der Waals surface area contributed by atoms with Crippen LogP contribution in [0, 0.1) is 5.82 Å². The van der Waals surface area contributed by atoms with Crippen molar-refractivity contribution in [2.45, 2.75) is 6.04 Å². The number of urea groups is 1. The Morgan fingerprint density at radius 3 is 2.61 bits per heavy atom. The molecule has 1 aromatic rings. The minimum Gasteiger partial charge on any atom is -0.480 e. The van der Waals surface area contributed by atoms with E-state index in [1.807, 2.05) is 5.32 Å². The number of aliphatic hydroxyl groups is 1. The molecule has 0 bridgehead atoms. The molecule has 6 nitrogen and oxygen atoms in total. The van der Waals surface area contributed by atoms with Gasteiger partial charge in [0, 0.05) is 5.69 Å². The van der Waals surface area contributed by atoms with Crippen molar-refractivity contribution in [3.8, 4) is 0 Å². The Bertz CT molecular complexity index is 469. The summed E-state index contributed by atoms with van der Waals surface area (Å²) >= 11 is 5.50. The van der Waals surface area contributed by atoms with Crippen molar-refractivity contribution in [3.05, 3.63) is 29.0 Å². The maximum Gasteiger partial charge on any atom is 0.328 e. The van der Waals surface area contributed by atoms with E-state index in [-0.39, 0.29) is 10.7 Å². The SMILES string of the molecule is O=C(Nc1ccc(F)c(Cl)c1)NC(CO)C(=O)O. The fourth-order valence-electron chi connectivity index (χ4n) is 1.08. The van der Waals surface area contributed by atoms with E-state index in [1.54, 1.807) is 0 Å². The van der Waals surface area contributed by atoms with Crippen molar-refractivity contribution >= 4 is 29.3 Å². The Labute approximate surface area is 106 Å². The Morgan fingerprint density at radius 2 is 2.11 bits per heavy atom. The standard InChI is InChI=1S/C10H10ClFN2O4/c11-6-3-5(1-2-7(6)12)13-10(18)14-8(4-15)9(16)17/h1-3,8,15H,4H2,(H,16,17)(H2,13,14,18). The molecule has 18 heavy (non-hydrogen) atoms. The first-order valence-electron chi connectivity index (χ1n) is 4.80. The summed E-state index contributed by atoms with van der Waals surface area (Å²) in [5.41, 5.74) is 0.195. The number of carbonyl (C=O) groups excluding carboxylic acids is 1. The van der Waals surface area contributed by atoms with Gasteiger partial charge in [0.15, 0.2) is 6.04 Å². The maximum atomic E-state index is 12.8. The summed E-state index contributed by atoms with van der Waals surface area (Å²) in [6, 6.07) is 1.22. The number of aliphatic carboxylic acids is 1. The fourth-order valence-corrected chi connectivity index (χ4v) is 1.27. The number of rotatable bonds is 4. The van der Waals surface area contributed by atoms with Gasteiger partial charge in [0.2, 0.25) is 0 Å². The third-order valence-corrected chi connectivity index (χ3v) is 2.25. The van der Waals surface area contributed by atoms with Crippen LogP contribution in [-0.2, 0) is 4.79 Å². The van der Waals surface area contributed by atoms with Crippen LogP contribution in [0.25, 0.3) is 0 Å². The van der Waals surface area contributed by atoms with Gasteiger partial charge in [-0.3, -0.25) is 0 Å². The molecule has 1 atom stereocenters. The average molecular weight is 277 g/mol. The van der Waals surface area contributed by atoms with Crippen molar-refractivity contribution in [2.75, 3.05) is 11.9 Å². The van der Waals surface area contributed by atoms with Gasteiger partial charge >= 0.3 is 12.0 Å². The second-order valence-electron chi connectivity index (χ2n) is 3.30. The van der Waals surface area contributed by atoms with E-state index in [0.29, 0.717) is 0 Å². The largest absolute Gasteiger partial charge is 0.480 e. The van der Waals surface area contributed by atoms with Crippen LogP contribution in [0.4, 0.5) is 14.9 Å². The number of hydrogen-bond acceptors (Lipinski definition) is 3. The second-order valence-corrected chi connectivity index (χ2v) is 3.71. The number of benzene rings is 1. The molecule has 0 fully saturated rings. The number of anilines is 1. The molecule has 2 amide bonds. The van der Waals surface area contributed by atoms with Crippen LogP contribution in [0.5, 0.6) is 0 Å². The minimum absolute atomic E-state index is 0.176. The third-order valence-electron chi connectivity index (χ3n) is 1.96. The molecule has 1 rings (SSSR count). The molecule has 1 unspecified atom stereocenters. The number of carbonyl (C=O) groups is 2. The lowest BCUT2D eigenvalue weighted by atomic mass is 10.3. The molecule has 0 spiro atoms. The molecule has 0 aliphatic carbocycles. The van der Waals surface area contributed by atoms with E-state index in [1.165, 1.54) is 12.1 Å². The quantitative estimate of drug-likeness (QED) is 0.660. The van der Waals surface area contributed by atoms with Gasteiger partial charge in [-0.2, -0.15) is 0 Å². The average Bonchev–Trinajstić information content (AvgIpc) is 2.30. The van der Waals surface area contributed by atoms with Gasteiger partial charge in [0.25, 0.3) is 0 Å². The molecule has 0 heterocycles. The predicted octanol–water partition coefficient (Wildman–Crippen LogP) is 1.05. The topological polar surface area (TPSA) is 98.7 Å². The smallest absolute Gasteiger partial charge is 0.328 e. The molecule has 0 saturated heterocycles. The lowest BCUT2D eigenvalue weighted by Gasteiger charge is -2.12. The summed E-state index contributed by atoms with van der Waals surface area (Å²) in [6.45, 7) is -0.743. The van der Waals surface area contributed by atoms with Crippen LogP contribution in [0.3, 0.4) is 0 Å². The van der Waals surface area contributed by atoms with Crippen molar-refractivity contribution < 1.29 is 24.2 Å². The van der Waals surface area contributed by atoms with E-state index < -0.39 is 30.5 Å². The van der Waals surface area contributed by atoms with Crippen molar-refractivity contribution in [1.82, 2.24) is 5.32 Å². The molecule has 0 aliphatic rings. The van der Waals surface area contributed by atoms with Gasteiger partial charge in [-0.1, -0.05) is 11.6 Å². The van der Waals surface area contributed by atoms with Crippen LogP contribution in [-0.4, -0.2) is 34.9 Å². The van der Waals surface area contributed by atoms with E-state index in [2.05, 4.69) is 5.32 Å². The highest BCUT2D eigenvalue weighted by molar-refractivity contribution is 6.31. The monoisotopic (exact) mass is 276 g/mol. The van der Waals surface area contributed by atoms with E-state index in [9.17, 15) is 14.0 Å². The number of carboxylic acid groups (broad SMARTS) is 1. The Balaban J connectivity index is 2.64. The molecule has 0 saturated carbocycles. The molecular formula is C10H10ClFN2O4. The van der Waals surface area contributed by atoms with Crippen molar-refractivity contribution in [1.29, 1.82) is 0 Å². The van der Waals surface area contributed by atoms with Gasteiger partial charge < -0.3 is 20.8 Å². The van der Waals surface area contributed by atoms with Crippen LogP contribution >= 0.6 is 11.6 Å². The van der Waals surface area contributed by atoms with Crippen LogP contribution in [0.1, 0.15) is 0 Å². The predicted molar refractivity (Wildman–Crippen MR) is 62.1 cm³/mol. The highest BCUT2D eigenvalue weighted by Crippen LogP contribution is 2.19.